The van der Waals surface area contributed by atoms with Gasteiger partial charge in [-0.3, -0.25) is 4.98 Å². The first-order valence-electron chi connectivity index (χ1n) is 4.01. The molecule has 0 aliphatic rings. The van der Waals surface area contributed by atoms with Crippen LogP contribution in [0.2, 0.25) is 0 Å². The molecule has 0 spiro atoms. The van der Waals surface area contributed by atoms with Crippen LogP contribution >= 0.6 is 0 Å². The number of aromatic nitrogens is 1. The second-order valence-electron chi connectivity index (χ2n) is 2.53. The second kappa shape index (κ2) is 3.37. The average Bonchev–Trinajstić information content (AvgIpc) is 2.04. The van der Waals surface area contributed by atoms with E-state index >= 15 is 0 Å². The molecule has 0 unspecified atom stereocenters. The molecule has 11 heavy (non-hydrogen) atoms. The summed E-state index contributed by atoms with van der Waals surface area (Å²) in [4.78, 5) is 4.25. The average molecular weight is 150 g/mol. The number of nitrogens with zero attached hydrogens (tertiary/aromatic N) is 1. The van der Waals surface area contributed by atoms with Crippen molar-refractivity contribution in [1.29, 1.82) is 0 Å². The molecule has 0 saturated heterocycles. The van der Waals surface area contributed by atoms with Gasteiger partial charge in [0, 0.05) is 17.6 Å². The molecule has 0 radical (unpaired) electrons. The Kier molecular flexibility index (Phi) is 2.47. The lowest BCUT2D eigenvalue weighted by molar-refractivity contribution is 0.968. The molecule has 1 aromatic rings. The van der Waals surface area contributed by atoms with Gasteiger partial charge in [-0.25, -0.2) is 0 Å². The van der Waals surface area contributed by atoms with Crippen LogP contribution in [0.4, 0.5) is 5.69 Å². The van der Waals surface area contributed by atoms with Crippen molar-refractivity contribution in [3.63, 3.8) is 0 Å². The number of nitrogen functional groups attached to an aromatic ring is 1. The fourth-order valence-electron chi connectivity index (χ4n) is 1.27. The van der Waals surface area contributed by atoms with E-state index in [0.717, 1.165) is 24.2 Å². The van der Waals surface area contributed by atoms with Gasteiger partial charge in [0.2, 0.25) is 0 Å². The minimum absolute atomic E-state index is 0.874. The van der Waals surface area contributed by atoms with Gasteiger partial charge < -0.3 is 5.73 Å². The van der Waals surface area contributed by atoms with E-state index in [1.165, 1.54) is 5.56 Å². The first-order chi connectivity index (χ1) is 5.29. The van der Waals surface area contributed by atoms with E-state index in [1.807, 2.05) is 6.07 Å². The number of aryl methyl sites for hydroxylation is 1. The van der Waals surface area contributed by atoms with Crippen molar-refractivity contribution in [2.24, 2.45) is 0 Å². The molecule has 0 fully saturated rings. The molecule has 0 saturated carbocycles. The molecule has 0 aliphatic carbocycles. The molecule has 2 N–H and O–H groups in total. The highest BCUT2D eigenvalue weighted by Crippen LogP contribution is 2.15. The molecule has 0 atom stereocenters. The normalized spacial score (nSPS) is 10.0. The summed E-state index contributed by atoms with van der Waals surface area (Å²) >= 11 is 0. The molecule has 1 rings (SSSR count). The van der Waals surface area contributed by atoms with Crippen molar-refractivity contribution in [2.75, 3.05) is 5.73 Å². The summed E-state index contributed by atoms with van der Waals surface area (Å²) in [5.74, 6) is 0. The minimum atomic E-state index is 0.874. The van der Waals surface area contributed by atoms with Gasteiger partial charge in [-0.15, -0.1) is 0 Å². The van der Waals surface area contributed by atoms with Crippen LogP contribution in [0.3, 0.4) is 0 Å². The Hall–Kier alpha value is -1.05. The van der Waals surface area contributed by atoms with Crippen LogP contribution < -0.4 is 5.73 Å². The lowest BCUT2D eigenvalue weighted by Gasteiger charge is -2.06. The quantitative estimate of drug-likeness (QED) is 0.698. The Morgan fingerprint density at radius 1 is 1.36 bits per heavy atom. The third-order valence-electron chi connectivity index (χ3n) is 1.87. The zero-order valence-electron chi connectivity index (χ0n) is 7.09. The lowest BCUT2D eigenvalue weighted by atomic mass is 10.1. The summed E-state index contributed by atoms with van der Waals surface area (Å²) in [7, 11) is 0. The Morgan fingerprint density at radius 2 is 2.09 bits per heavy atom. The number of rotatable bonds is 2. The first kappa shape index (κ1) is 8.05. The maximum Gasteiger partial charge on any atom is 0.0453 e. The van der Waals surface area contributed by atoms with Crippen LogP contribution in [0.1, 0.15) is 25.1 Å². The molecule has 2 heteroatoms. The van der Waals surface area contributed by atoms with Gasteiger partial charge in [0.25, 0.3) is 0 Å². The van der Waals surface area contributed by atoms with Crippen LogP contribution in [0.25, 0.3) is 0 Å². The largest absolute Gasteiger partial charge is 0.398 e. The van der Waals surface area contributed by atoms with E-state index in [-0.39, 0.29) is 0 Å². The monoisotopic (exact) mass is 150 g/mol. The highest BCUT2D eigenvalue weighted by atomic mass is 14.7. The predicted molar refractivity (Wildman–Crippen MR) is 47.4 cm³/mol. The topological polar surface area (TPSA) is 38.9 Å². The van der Waals surface area contributed by atoms with E-state index in [2.05, 4.69) is 18.8 Å². The minimum Gasteiger partial charge on any atom is -0.398 e. The van der Waals surface area contributed by atoms with Crippen molar-refractivity contribution >= 4 is 5.69 Å². The highest BCUT2D eigenvalue weighted by Gasteiger charge is 2.02. The van der Waals surface area contributed by atoms with Crippen LogP contribution in [0.5, 0.6) is 0 Å². The number of pyridine rings is 1. The maximum absolute atomic E-state index is 5.77. The van der Waals surface area contributed by atoms with Crippen LogP contribution in [-0.2, 0) is 12.8 Å². The summed E-state index contributed by atoms with van der Waals surface area (Å²) in [5.41, 5.74) is 8.98. The molecule has 0 aliphatic heterocycles. The van der Waals surface area contributed by atoms with Gasteiger partial charge in [-0.1, -0.05) is 13.8 Å². The Labute approximate surface area is 67.5 Å². The Morgan fingerprint density at radius 3 is 2.55 bits per heavy atom. The zero-order valence-corrected chi connectivity index (χ0v) is 7.09. The smallest absolute Gasteiger partial charge is 0.0453 e. The molecule has 0 amide bonds. The van der Waals surface area contributed by atoms with Gasteiger partial charge in [0.05, 0.1) is 0 Å². The van der Waals surface area contributed by atoms with Crippen molar-refractivity contribution in [2.45, 2.75) is 26.7 Å². The van der Waals surface area contributed by atoms with E-state index in [0.29, 0.717) is 0 Å². The standard InChI is InChI=1S/C9H14N2/c1-3-7-8(10)5-6-11-9(7)4-2/h5-6H,3-4H2,1-2H3,(H2,10,11). The van der Waals surface area contributed by atoms with E-state index in [1.54, 1.807) is 6.20 Å². The number of hydrogen-bond donors (Lipinski definition) is 1. The SMILES string of the molecule is CCc1nccc(N)c1CC. The third-order valence-corrected chi connectivity index (χ3v) is 1.87. The Balaban J connectivity index is 3.13. The molecule has 0 bridgehead atoms. The summed E-state index contributed by atoms with van der Waals surface area (Å²) in [6, 6.07) is 1.86. The van der Waals surface area contributed by atoms with Crippen molar-refractivity contribution in [3.05, 3.63) is 23.5 Å². The summed E-state index contributed by atoms with van der Waals surface area (Å²) in [6.07, 6.45) is 3.71. The molecule has 1 heterocycles. The molecular weight excluding hydrogens is 136 g/mol. The summed E-state index contributed by atoms with van der Waals surface area (Å²) < 4.78 is 0. The number of hydrogen-bond acceptors (Lipinski definition) is 2. The molecule has 1 aromatic heterocycles. The van der Waals surface area contributed by atoms with Gasteiger partial charge in [-0.05, 0) is 24.5 Å². The predicted octanol–water partition coefficient (Wildman–Crippen LogP) is 1.79. The highest BCUT2D eigenvalue weighted by molar-refractivity contribution is 5.47. The molecule has 2 nitrogen and oxygen atoms in total. The summed E-state index contributed by atoms with van der Waals surface area (Å²) in [5, 5.41) is 0. The van der Waals surface area contributed by atoms with E-state index in [4.69, 9.17) is 5.73 Å². The van der Waals surface area contributed by atoms with Crippen LogP contribution in [-0.4, -0.2) is 4.98 Å². The molecular formula is C9H14N2. The van der Waals surface area contributed by atoms with Crippen molar-refractivity contribution in [3.8, 4) is 0 Å². The summed E-state index contributed by atoms with van der Waals surface area (Å²) in [6.45, 7) is 4.20. The Bertz CT molecular complexity index is 243. The fraction of sp³-hybridized carbons (Fsp3) is 0.444. The van der Waals surface area contributed by atoms with Crippen molar-refractivity contribution < 1.29 is 0 Å². The van der Waals surface area contributed by atoms with Gasteiger partial charge >= 0.3 is 0 Å². The van der Waals surface area contributed by atoms with E-state index in [9.17, 15) is 0 Å². The molecule has 60 valence electrons. The van der Waals surface area contributed by atoms with Gasteiger partial charge in [0.15, 0.2) is 0 Å². The fourth-order valence-corrected chi connectivity index (χ4v) is 1.27. The number of nitrogens with two attached hydrogens (primary N) is 1. The van der Waals surface area contributed by atoms with Crippen LogP contribution in [0, 0.1) is 0 Å². The molecule has 0 aromatic carbocycles. The maximum atomic E-state index is 5.77. The van der Waals surface area contributed by atoms with Crippen LogP contribution in [0.15, 0.2) is 12.3 Å². The third kappa shape index (κ3) is 1.50. The van der Waals surface area contributed by atoms with E-state index < -0.39 is 0 Å². The second-order valence-corrected chi connectivity index (χ2v) is 2.53. The number of anilines is 1. The lowest BCUT2D eigenvalue weighted by Crippen LogP contribution is -2.00. The van der Waals surface area contributed by atoms with Crippen molar-refractivity contribution in [1.82, 2.24) is 4.98 Å². The first-order valence-corrected chi connectivity index (χ1v) is 4.01. The zero-order chi connectivity index (χ0) is 8.27. The van der Waals surface area contributed by atoms with Gasteiger partial charge in [0.1, 0.15) is 0 Å². The van der Waals surface area contributed by atoms with Gasteiger partial charge in [-0.2, -0.15) is 0 Å².